The molecule has 0 bridgehead atoms. The van der Waals surface area contributed by atoms with Crippen molar-refractivity contribution in [3.05, 3.63) is 0 Å². The molecule has 0 spiro atoms. The second-order valence-electron chi connectivity index (χ2n) is 4.37. The zero-order chi connectivity index (χ0) is 14.7. The summed E-state index contributed by atoms with van der Waals surface area (Å²) in [6.45, 7) is 8.47. The number of hydrogen-bond donors (Lipinski definition) is 4. The van der Waals surface area contributed by atoms with E-state index in [0.29, 0.717) is 19.7 Å². The van der Waals surface area contributed by atoms with Crippen molar-refractivity contribution in [1.82, 2.24) is 10.6 Å². The molecule has 0 aliphatic heterocycles. The van der Waals surface area contributed by atoms with Crippen molar-refractivity contribution in [3.8, 4) is 0 Å². The summed E-state index contributed by atoms with van der Waals surface area (Å²) in [4.78, 5) is 22.8. The van der Waals surface area contributed by atoms with Crippen molar-refractivity contribution in [2.75, 3.05) is 39.3 Å². The van der Waals surface area contributed by atoms with Crippen LogP contribution in [0.15, 0.2) is 0 Å². The van der Waals surface area contributed by atoms with Gasteiger partial charge in [-0.05, 0) is 0 Å². The third-order valence-corrected chi connectivity index (χ3v) is 2.48. The molecule has 0 radical (unpaired) electrons. The molecule has 0 saturated carbocycles. The molecule has 7 heteroatoms. The zero-order valence-corrected chi connectivity index (χ0v) is 12.0. The summed E-state index contributed by atoms with van der Waals surface area (Å²) in [5, 5.41) is 12.7. The van der Waals surface area contributed by atoms with Crippen LogP contribution in [0.2, 0.25) is 0 Å². The van der Waals surface area contributed by atoms with Crippen LogP contribution in [0.25, 0.3) is 0 Å². The molecule has 7 nitrogen and oxygen atoms in total. The van der Waals surface area contributed by atoms with E-state index in [0.717, 1.165) is 19.6 Å². The molecule has 0 fully saturated rings. The fourth-order valence-corrected chi connectivity index (χ4v) is 1.55. The third kappa shape index (κ3) is 12.6. The molecule has 4 N–H and O–H groups in total. The van der Waals surface area contributed by atoms with Crippen LogP contribution in [0, 0.1) is 5.41 Å². The molecule has 0 unspecified atom stereocenters. The van der Waals surface area contributed by atoms with Crippen LogP contribution >= 0.6 is 0 Å². The summed E-state index contributed by atoms with van der Waals surface area (Å²) in [5.41, 5.74) is 0. The molecule has 0 aliphatic carbocycles. The van der Waals surface area contributed by atoms with Gasteiger partial charge in [0.05, 0.1) is 26.2 Å². The first-order valence-corrected chi connectivity index (χ1v) is 6.42. The van der Waals surface area contributed by atoms with Crippen LogP contribution < -0.4 is 15.5 Å². The van der Waals surface area contributed by atoms with Gasteiger partial charge >= 0.3 is 0 Å². The van der Waals surface area contributed by atoms with E-state index in [9.17, 15) is 9.59 Å². The van der Waals surface area contributed by atoms with Gasteiger partial charge in [0.15, 0.2) is 5.90 Å². The Kier molecular flexibility index (Phi) is 9.42. The van der Waals surface area contributed by atoms with Gasteiger partial charge in [-0.15, -0.1) is 0 Å². The minimum absolute atomic E-state index is 0.0483. The summed E-state index contributed by atoms with van der Waals surface area (Å²) >= 11 is 0. The summed E-state index contributed by atoms with van der Waals surface area (Å²) in [5.74, 6) is 0.101. The highest BCUT2D eigenvalue weighted by atomic mass is 16.5. The van der Waals surface area contributed by atoms with Crippen molar-refractivity contribution in [3.63, 3.8) is 0 Å². The molecular weight excluding hydrogens is 248 g/mol. The Labute approximate surface area is 114 Å². The Hall–Kier alpha value is -1.63. The number of nitrogens with one attached hydrogen (secondary N) is 4. The normalized spacial score (nSPS) is 10.1. The molecule has 0 rings (SSSR count). The van der Waals surface area contributed by atoms with Crippen LogP contribution in [-0.4, -0.2) is 57.0 Å². The van der Waals surface area contributed by atoms with E-state index in [2.05, 4.69) is 10.6 Å². The summed E-state index contributed by atoms with van der Waals surface area (Å²) in [6, 6.07) is 0. The van der Waals surface area contributed by atoms with Crippen molar-refractivity contribution in [1.29, 1.82) is 5.41 Å². The Bertz CT molecular complexity index is 260. The number of carbonyl (C=O) groups excluding carboxylic acids is 2. The highest BCUT2D eigenvalue weighted by Crippen LogP contribution is 1.72. The number of rotatable bonds is 9. The van der Waals surface area contributed by atoms with E-state index in [4.69, 9.17) is 10.1 Å². The third-order valence-electron chi connectivity index (χ3n) is 2.48. The predicted octanol–water partition coefficient (Wildman–Crippen LogP) is -1.84. The highest BCUT2D eigenvalue weighted by molar-refractivity contribution is 5.73. The molecule has 19 heavy (non-hydrogen) atoms. The van der Waals surface area contributed by atoms with Crippen LogP contribution in [0.3, 0.4) is 0 Å². The van der Waals surface area contributed by atoms with Crippen molar-refractivity contribution in [2.24, 2.45) is 0 Å². The van der Waals surface area contributed by atoms with Gasteiger partial charge in [-0.2, -0.15) is 0 Å². The maximum absolute atomic E-state index is 10.8. The molecule has 2 amide bonds. The molecule has 0 saturated heterocycles. The molecular formula is C12H25N4O3+. The van der Waals surface area contributed by atoms with Crippen LogP contribution in [0.5, 0.6) is 0 Å². The fraction of sp³-hybridized carbons (Fsp3) is 0.750. The average Bonchev–Trinajstić information content (AvgIpc) is 2.26. The van der Waals surface area contributed by atoms with Crippen LogP contribution in [0.1, 0.15) is 20.8 Å². The van der Waals surface area contributed by atoms with E-state index in [1.165, 1.54) is 18.7 Å². The molecule has 0 aromatic heterocycles. The van der Waals surface area contributed by atoms with Crippen LogP contribution in [-0.2, 0) is 14.3 Å². The van der Waals surface area contributed by atoms with Crippen molar-refractivity contribution in [2.45, 2.75) is 20.8 Å². The summed E-state index contributed by atoms with van der Waals surface area (Å²) in [7, 11) is 0. The fourth-order valence-electron chi connectivity index (χ4n) is 1.55. The number of quaternary nitrogens is 1. The van der Waals surface area contributed by atoms with Gasteiger partial charge in [0.2, 0.25) is 11.8 Å². The molecule has 0 heterocycles. The lowest BCUT2D eigenvalue weighted by molar-refractivity contribution is -0.897. The smallest absolute Gasteiger partial charge is 0.217 e. The topological polar surface area (TPSA) is 95.7 Å². The second-order valence-corrected chi connectivity index (χ2v) is 4.37. The van der Waals surface area contributed by atoms with E-state index < -0.39 is 0 Å². The summed E-state index contributed by atoms with van der Waals surface area (Å²) < 4.78 is 5.11. The van der Waals surface area contributed by atoms with Gasteiger partial charge in [0.1, 0.15) is 13.2 Å². The number of hydrogen-bond acceptors (Lipinski definition) is 4. The van der Waals surface area contributed by atoms with Gasteiger partial charge in [0.25, 0.3) is 0 Å². The molecule has 0 aromatic carbocycles. The van der Waals surface area contributed by atoms with Gasteiger partial charge in [-0.3, -0.25) is 15.0 Å². The van der Waals surface area contributed by atoms with Gasteiger partial charge < -0.3 is 20.3 Å². The molecule has 0 aromatic rings. The Morgan fingerprint density at radius 3 is 1.84 bits per heavy atom. The number of carbonyl (C=O) groups is 2. The second kappa shape index (κ2) is 10.3. The number of ether oxygens (including phenoxy) is 1. The maximum atomic E-state index is 10.8. The first-order chi connectivity index (χ1) is 8.91. The van der Waals surface area contributed by atoms with Crippen molar-refractivity contribution >= 4 is 17.7 Å². The number of amides is 2. The van der Waals surface area contributed by atoms with Crippen LogP contribution in [0.4, 0.5) is 0 Å². The predicted molar refractivity (Wildman–Crippen MR) is 72.3 cm³/mol. The van der Waals surface area contributed by atoms with E-state index in [1.54, 1.807) is 6.92 Å². The van der Waals surface area contributed by atoms with E-state index in [1.807, 2.05) is 0 Å². The lowest BCUT2D eigenvalue weighted by atomic mass is 10.4. The molecule has 110 valence electrons. The zero-order valence-electron chi connectivity index (χ0n) is 12.0. The Balaban J connectivity index is 3.94. The summed E-state index contributed by atoms with van der Waals surface area (Å²) in [6.07, 6.45) is 0. The minimum Gasteiger partial charge on any atom is -0.476 e. The van der Waals surface area contributed by atoms with E-state index >= 15 is 0 Å². The molecule has 0 atom stereocenters. The van der Waals surface area contributed by atoms with Gasteiger partial charge in [-0.25, -0.2) is 0 Å². The monoisotopic (exact) mass is 273 g/mol. The minimum atomic E-state index is -0.0483. The van der Waals surface area contributed by atoms with Gasteiger partial charge in [-0.1, -0.05) is 0 Å². The van der Waals surface area contributed by atoms with Gasteiger partial charge in [0, 0.05) is 20.8 Å². The first-order valence-electron chi connectivity index (χ1n) is 6.42. The lowest BCUT2D eigenvalue weighted by Gasteiger charge is -2.19. The maximum Gasteiger partial charge on any atom is 0.217 e. The SMILES string of the molecule is CC(=N)OCC[NH+](CCNC(C)=O)CCNC(C)=O. The largest absolute Gasteiger partial charge is 0.476 e. The van der Waals surface area contributed by atoms with Crippen molar-refractivity contribution < 1.29 is 19.2 Å². The molecule has 0 aliphatic rings. The Morgan fingerprint density at radius 1 is 1.00 bits per heavy atom. The lowest BCUT2D eigenvalue weighted by Crippen LogP contribution is -3.14. The average molecular weight is 273 g/mol. The first kappa shape index (κ1) is 17.4. The standard InChI is InChI=1S/C12H24N4O3/c1-10(13)19-9-8-16(6-4-14-11(2)17)7-5-15-12(3)18/h13H,4-9H2,1-3H3,(H,14,17)(H,15,18)/p+1. The Morgan fingerprint density at radius 2 is 1.47 bits per heavy atom. The van der Waals surface area contributed by atoms with E-state index in [-0.39, 0.29) is 17.7 Å². The highest BCUT2D eigenvalue weighted by Gasteiger charge is 2.09. The quantitative estimate of drug-likeness (QED) is 0.293.